The molecule has 0 aliphatic carbocycles. The number of ether oxygens (including phenoxy) is 1. The number of rotatable bonds is 11. The van der Waals surface area contributed by atoms with Gasteiger partial charge < -0.3 is 20.7 Å². The van der Waals surface area contributed by atoms with Crippen LogP contribution < -0.4 is 20.7 Å². The van der Waals surface area contributed by atoms with Gasteiger partial charge in [0, 0.05) is 23.5 Å². The Balaban J connectivity index is 1.83. The molecule has 6 nitrogen and oxygen atoms in total. The summed E-state index contributed by atoms with van der Waals surface area (Å²) in [5.74, 6) is 0.490. The summed E-state index contributed by atoms with van der Waals surface area (Å²) in [7, 11) is 0. The van der Waals surface area contributed by atoms with E-state index >= 15 is 0 Å². The Labute approximate surface area is 173 Å². The fourth-order valence-corrected chi connectivity index (χ4v) is 2.57. The molecule has 0 fully saturated rings. The molecule has 3 N–H and O–H groups in total. The van der Waals surface area contributed by atoms with Crippen molar-refractivity contribution in [2.45, 2.75) is 46.1 Å². The highest BCUT2D eigenvalue weighted by molar-refractivity contribution is 5.98. The highest BCUT2D eigenvalue weighted by Gasteiger charge is 2.08. The SMILES string of the molecule is CCCCNC(=O)c1cccc(NC(=O)CNc2ccc(OC(C)CC)cc2)c1. The Morgan fingerprint density at radius 2 is 1.79 bits per heavy atom. The van der Waals surface area contributed by atoms with Crippen LogP contribution in [0, 0.1) is 0 Å². The minimum Gasteiger partial charge on any atom is -0.491 e. The van der Waals surface area contributed by atoms with Crippen molar-refractivity contribution in [1.82, 2.24) is 5.32 Å². The number of benzene rings is 2. The highest BCUT2D eigenvalue weighted by Crippen LogP contribution is 2.17. The Kier molecular flexibility index (Phi) is 9.02. The van der Waals surface area contributed by atoms with Crippen molar-refractivity contribution in [3.05, 3.63) is 54.1 Å². The van der Waals surface area contributed by atoms with E-state index in [9.17, 15) is 9.59 Å². The van der Waals surface area contributed by atoms with Gasteiger partial charge in [0.05, 0.1) is 12.6 Å². The van der Waals surface area contributed by atoms with Crippen LogP contribution in [0.2, 0.25) is 0 Å². The van der Waals surface area contributed by atoms with Crippen LogP contribution in [-0.4, -0.2) is 31.0 Å². The average molecular weight is 398 g/mol. The summed E-state index contributed by atoms with van der Waals surface area (Å²) in [6.45, 7) is 6.95. The quantitative estimate of drug-likeness (QED) is 0.490. The second kappa shape index (κ2) is 11.7. The van der Waals surface area contributed by atoms with Gasteiger partial charge in [-0.15, -0.1) is 0 Å². The Morgan fingerprint density at radius 3 is 2.48 bits per heavy atom. The summed E-state index contributed by atoms with van der Waals surface area (Å²) in [4.78, 5) is 24.4. The molecule has 0 aromatic heterocycles. The predicted molar refractivity (Wildman–Crippen MR) is 118 cm³/mol. The van der Waals surface area contributed by atoms with E-state index < -0.39 is 0 Å². The highest BCUT2D eigenvalue weighted by atomic mass is 16.5. The lowest BCUT2D eigenvalue weighted by Crippen LogP contribution is -2.25. The Bertz CT molecular complexity index is 790. The minimum absolute atomic E-state index is 0.124. The van der Waals surface area contributed by atoms with Gasteiger partial charge in [0.15, 0.2) is 0 Å². The molecule has 0 aliphatic heterocycles. The Morgan fingerprint density at radius 1 is 1.03 bits per heavy atom. The number of hydrogen-bond donors (Lipinski definition) is 3. The van der Waals surface area contributed by atoms with Gasteiger partial charge >= 0.3 is 0 Å². The summed E-state index contributed by atoms with van der Waals surface area (Å²) in [5, 5.41) is 8.77. The summed E-state index contributed by atoms with van der Waals surface area (Å²) in [5.41, 5.74) is 1.96. The van der Waals surface area contributed by atoms with Gasteiger partial charge in [0.25, 0.3) is 5.91 Å². The summed E-state index contributed by atoms with van der Waals surface area (Å²) < 4.78 is 5.74. The summed E-state index contributed by atoms with van der Waals surface area (Å²) in [6, 6.07) is 14.5. The third-order valence-electron chi connectivity index (χ3n) is 4.44. The zero-order valence-corrected chi connectivity index (χ0v) is 17.5. The van der Waals surface area contributed by atoms with Crippen LogP contribution in [0.25, 0.3) is 0 Å². The van der Waals surface area contributed by atoms with Crippen LogP contribution in [0.3, 0.4) is 0 Å². The van der Waals surface area contributed by atoms with Gasteiger partial charge in [-0.1, -0.05) is 26.3 Å². The fourth-order valence-electron chi connectivity index (χ4n) is 2.57. The van der Waals surface area contributed by atoms with Crippen molar-refractivity contribution in [2.24, 2.45) is 0 Å². The number of unbranched alkanes of at least 4 members (excludes halogenated alkanes) is 1. The number of carbonyl (C=O) groups excluding carboxylic acids is 2. The molecule has 0 heterocycles. The molecule has 6 heteroatoms. The van der Waals surface area contributed by atoms with Gasteiger partial charge in [0.1, 0.15) is 5.75 Å². The van der Waals surface area contributed by atoms with Crippen molar-refractivity contribution in [3.63, 3.8) is 0 Å². The molecule has 2 aromatic carbocycles. The van der Waals surface area contributed by atoms with E-state index in [-0.39, 0.29) is 24.5 Å². The molecule has 0 saturated heterocycles. The number of carbonyl (C=O) groups is 2. The van der Waals surface area contributed by atoms with Crippen LogP contribution in [0.1, 0.15) is 50.4 Å². The lowest BCUT2D eigenvalue weighted by Gasteiger charge is -2.13. The molecule has 0 radical (unpaired) electrons. The first kappa shape index (κ1) is 22.3. The second-order valence-corrected chi connectivity index (χ2v) is 6.95. The zero-order chi connectivity index (χ0) is 21.1. The maximum atomic E-state index is 12.2. The van der Waals surface area contributed by atoms with Gasteiger partial charge in [-0.05, 0) is 62.2 Å². The first-order valence-electron chi connectivity index (χ1n) is 10.2. The molecule has 2 amide bonds. The molecule has 156 valence electrons. The maximum absolute atomic E-state index is 12.2. The van der Waals surface area contributed by atoms with E-state index in [1.807, 2.05) is 31.2 Å². The van der Waals surface area contributed by atoms with Crippen molar-refractivity contribution in [2.75, 3.05) is 23.7 Å². The molecular formula is C23H31N3O3. The van der Waals surface area contributed by atoms with Gasteiger partial charge in [-0.2, -0.15) is 0 Å². The molecule has 2 rings (SSSR count). The summed E-state index contributed by atoms with van der Waals surface area (Å²) in [6.07, 6.45) is 3.08. The van der Waals surface area contributed by atoms with Crippen molar-refractivity contribution >= 4 is 23.2 Å². The molecule has 2 aromatic rings. The zero-order valence-electron chi connectivity index (χ0n) is 17.5. The Hall–Kier alpha value is -3.02. The van der Waals surface area contributed by atoms with E-state index in [0.29, 0.717) is 17.8 Å². The lowest BCUT2D eigenvalue weighted by molar-refractivity contribution is -0.114. The van der Waals surface area contributed by atoms with Crippen molar-refractivity contribution in [3.8, 4) is 5.75 Å². The van der Waals surface area contributed by atoms with Crippen LogP contribution in [0.15, 0.2) is 48.5 Å². The molecular weight excluding hydrogens is 366 g/mol. The predicted octanol–water partition coefficient (Wildman–Crippen LogP) is 4.44. The van der Waals surface area contributed by atoms with Crippen LogP contribution in [0.4, 0.5) is 11.4 Å². The monoisotopic (exact) mass is 397 g/mol. The number of anilines is 2. The third-order valence-corrected chi connectivity index (χ3v) is 4.44. The smallest absolute Gasteiger partial charge is 0.251 e. The van der Waals surface area contributed by atoms with Gasteiger partial charge in [-0.3, -0.25) is 9.59 Å². The van der Waals surface area contributed by atoms with E-state index in [0.717, 1.165) is 30.7 Å². The molecule has 0 spiro atoms. The van der Waals surface area contributed by atoms with E-state index in [1.54, 1.807) is 24.3 Å². The van der Waals surface area contributed by atoms with Gasteiger partial charge in [0.2, 0.25) is 5.91 Å². The minimum atomic E-state index is -0.187. The van der Waals surface area contributed by atoms with Crippen molar-refractivity contribution < 1.29 is 14.3 Å². The third kappa shape index (κ3) is 7.86. The molecule has 0 saturated carbocycles. The lowest BCUT2D eigenvalue weighted by atomic mass is 10.2. The first-order valence-corrected chi connectivity index (χ1v) is 10.2. The van der Waals surface area contributed by atoms with E-state index in [2.05, 4.69) is 29.8 Å². The van der Waals surface area contributed by atoms with Crippen LogP contribution >= 0.6 is 0 Å². The normalized spacial score (nSPS) is 11.4. The van der Waals surface area contributed by atoms with Crippen LogP contribution in [-0.2, 0) is 4.79 Å². The standard InChI is InChI=1S/C23H31N3O3/c1-4-6-14-24-23(28)18-8-7-9-20(15-18)26-22(27)16-25-19-10-12-21(13-11-19)29-17(3)5-2/h7-13,15,17,25H,4-6,14,16H2,1-3H3,(H,24,28)(H,26,27). The molecule has 1 unspecified atom stereocenters. The molecule has 0 bridgehead atoms. The first-order chi connectivity index (χ1) is 14.0. The summed E-state index contributed by atoms with van der Waals surface area (Å²) >= 11 is 0. The van der Waals surface area contributed by atoms with E-state index in [4.69, 9.17) is 4.74 Å². The number of amides is 2. The van der Waals surface area contributed by atoms with Crippen molar-refractivity contribution in [1.29, 1.82) is 0 Å². The number of nitrogens with one attached hydrogen (secondary N) is 3. The topological polar surface area (TPSA) is 79.5 Å². The molecule has 0 aliphatic rings. The number of hydrogen-bond acceptors (Lipinski definition) is 4. The average Bonchev–Trinajstić information content (AvgIpc) is 2.73. The van der Waals surface area contributed by atoms with Crippen LogP contribution in [0.5, 0.6) is 5.75 Å². The second-order valence-electron chi connectivity index (χ2n) is 6.95. The van der Waals surface area contributed by atoms with Gasteiger partial charge in [-0.25, -0.2) is 0 Å². The maximum Gasteiger partial charge on any atom is 0.251 e. The largest absolute Gasteiger partial charge is 0.491 e. The molecule has 1 atom stereocenters. The fraction of sp³-hybridized carbons (Fsp3) is 0.391. The van der Waals surface area contributed by atoms with E-state index in [1.165, 1.54) is 0 Å². The molecule has 29 heavy (non-hydrogen) atoms.